The molecule has 0 saturated heterocycles. The van der Waals surface area contributed by atoms with Gasteiger partial charge >= 0.3 is 0 Å². The molecule has 5 heteroatoms. The lowest BCUT2D eigenvalue weighted by molar-refractivity contribution is 0.0972. The summed E-state index contributed by atoms with van der Waals surface area (Å²) in [7, 11) is 0. The van der Waals surface area contributed by atoms with Gasteiger partial charge in [-0.1, -0.05) is 0 Å². The average molecular weight is 276 g/mol. The zero-order valence-electron chi connectivity index (χ0n) is 10.5. The number of amides is 1. The largest absolute Gasteiger partial charge is 0.455 e. The van der Waals surface area contributed by atoms with Crippen LogP contribution < -0.4 is 11.1 Å². The molecule has 2 aromatic heterocycles. The van der Waals surface area contributed by atoms with E-state index in [9.17, 15) is 4.79 Å². The number of thiophene rings is 1. The molecule has 1 atom stereocenters. The Hall–Kier alpha value is -1.59. The Balaban J connectivity index is 1.65. The smallest absolute Gasteiger partial charge is 0.284 e. The summed E-state index contributed by atoms with van der Waals surface area (Å²) in [5.41, 5.74) is 6.58. The van der Waals surface area contributed by atoms with Crippen molar-refractivity contribution in [2.24, 2.45) is 5.73 Å². The van der Waals surface area contributed by atoms with Gasteiger partial charge in [0.1, 0.15) is 5.76 Å². The second-order valence-corrected chi connectivity index (χ2v) is 5.76. The molecule has 3 rings (SSSR count). The predicted octanol–water partition coefficient (Wildman–Crippen LogP) is 2.61. The second-order valence-electron chi connectivity index (χ2n) is 4.76. The van der Waals surface area contributed by atoms with E-state index in [0.717, 1.165) is 12.2 Å². The van der Waals surface area contributed by atoms with E-state index in [-0.39, 0.29) is 5.76 Å². The summed E-state index contributed by atoms with van der Waals surface area (Å²) in [6.45, 7) is 0.618. The normalized spacial score (nSPS) is 18.2. The van der Waals surface area contributed by atoms with Crippen molar-refractivity contribution in [3.05, 3.63) is 45.5 Å². The Morgan fingerprint density at radius 1 is 1.47 bits per heavy atom. The summed E-state index contributed by atoms with van der Waals surface area (Å²) in [5, 5.41) is 5.65. The Morgan fingerprint density at radius 3 is 3.16 bits per heavy atom. The van der Waals surface area contributed by atoms with Crippen LogP contribution in [0.5, 0.6) is 0 Å². The van der Waals surface area contributed by atoms with Crippen LogP contribution in [0.2, 0.25) is 0 Å². The summed E-state index contributed by atoms with van der Waals surface area (Å²) < 4.78 is 5.37. The molecule has 2 aromatic rings. The Kier molecular flexibility index (Phi) is 3.40. The molecule has 0 aliphatic heterocycles. The van der Waals surface area contributed by atoms with Gasteiger partial charge in [0, 0.05) is 10.9 Å². The van der Waals surface area contributed by atoms with Crippen LogP contribution in [-0.2, 0) is 13.0 Å². The van der Waals surface area contributed by atoms with Crippen molar-refractivity contribution < 1.29 is 9.21 Å². The van der Waals surface area contributed by atoms with Gasteiger partial charge in [-0.3, -0.25) is 4.79 Å². The zero-order valence-corrected chi connectivity index (χ0v) is 11.3. The molecule has 0 saturated carbocycles. The second kappa shape index (κ2) is 5.19. The standard InChI is InChI=1S/C14H16N2O2S/c15-14(17)12-5-4-9(18-12)8-16-11-2-1-3-13-10(11)6-7-19-13/h4-7,11,16H,1-3,8H2,(H2,15,17). The van der Waals surface area contributed by atoms with Crippen LogP contribution in [0, 0.1) is 0 Å². The number of carbonyl (C=O) groups excluding carboxylic acids is 1. The predicted molar refractivity (Wildman–Crippen MR) is 74.1 cm³/mol. The van der Waals surface area contributed by atoms with Crippen molar-refractivity contribution in [1.82, 2.24) is 5.32 Å². The Bertz CT molecular complexity index is 588. The monoisotopic (exact) mass is 276 g/mol. The van der Waals surface area contributed by atoms with Crippen molar-refractivity contribution in [1.29, 1.82) is 0 Å². The van der Waals surface area contributed by atoms with E-state index in [0.29, 0.717) is 12.6 Å². The van der Waals surface area contributed by atoms with E-state index < -0.39 is 5.91 Å². The fourth-order valence-electron chi connectivity index (χ4n) is 2.53. The summed E-state index contributed by atoms with van der Waals surface area (Å²) in [5.74, 6) is 0.442. The Labute approximate surface area is 115 Å². The third-order valence-corrected chi connectivity index (χ3v) is 4.48. The summed E-state index contributed by atoms with van der Waals surface area (Å²) in [6.07, 6.45) is 3.56. The molecule has 4 nitrogen and oxygen atoms in total. The van der Waals surface area contributed by atoms with Crippen molar-refractivity contribution in [2.75, 3.05) is 0 Å². The molecule has 1 aliphatic rings. The average Bonchev–Trinajstić information content (AvgIpc) is 3.05. The van der Waals surface area contributed by atoms with Crippen LogP contribution in [0.15, 0.2) is 28.0 Å². The first-order chi connectivity index (χ1) is 9.24. The molecule has 0 spiro atoms. The van der Waals surface area contributed by atoms with Crippen molar-refractivity contribution >= 4 is 17.2 Å². The first-order valence-electron chi connectivity index (χ1n) is 6.42. The molecule has 0 radical (unpaired) electrons. The van der Waals surface area contributed by atoms with E-state index in [1.807, 2.05) is 11.3 Å². The third-order valence-electron chi connectivity index (χ3n) is 3.48. The molecule has 1 amide bonds. The number of hydrogen-bond acceptors (Lipinski definition) is 4. The van der Waals surface area contributed by atoms with E-state index in [2.05, 4.69) is 16.8 Å². The van der Waals surface area contributed by atoms with Gasteiger partial charge in [0.25, 0.3) is 5.91 Å². The maximum atomic E-state index is 11.0. The summed E-state index contributed by atoms with van der Waals surface area (Å²) in [4.78, 5) is 12.4. The van der Waals surface area contributed by atoms with Gasteiger partial charge in [-0.05, 0) is 48.4 Å². The number of aryl methyl sites for hydroxylation is 1. The van der Waals surface area contributed by atoms with Crippen molar-refractivity contribution in [2.45, 2.75) is 31.8 Å². The molecule has 0 bridgehead atoms. The third kappa shape index (κ3) is 2.57. The van der Waals surface area contributed by atoms with E-state index >= 15 is 0 Å². The van der Waals surface area contributed by atoms with Crippen molar-refractivity contribution in [3.8, 4) is 0 Å². The van der Waals surface area contributed by atoms with Crippen LogP contribution in [0.1, 0.15) is 45.6 Å². The molecule has 1 aliphatic carbocycles. The molecule has 100 valence electrons. The number of rotatable bonds is 4. The van der Waals surface area contributed by atoms with Crippen molar-refractivity contribution in [3.63, 3.8) is 0 Å². The number of nitrogens with two attached hydrogens (primary N) is 1. The maximum absolute atomic E-state index is 11.0. The van der Waals surface area contributed by atoms with Crippen LogP contribution in [0.25, 0.3) is 0 Å². The van der Waals surface area contributed by atoms with Gasteiger partial charge in [0.15, 0.2) is 5.76 Å². The topological polar surface area (TPSA) is 68.3 Å². The van der Waals surface area contributed by atoms with E-state index in [1.54, 1.807) is 12.1 Å². The molecular formula is C14H16N2O2S. The molecule has 0 fully saturated rings. The number of furan rings is 1. The highest BCUT2D eigenvalue weighted by molar-refractivity contribution is 7.10. The van der Waals surface area contributed by atoms with Gasteiger partial charge in [0.2, 0.25) is 0 Å². The summed E-state index contributed by atoms with van der Waals surface area (Å²) >= 11 is 1.83. The van der Waals surface area contributed by atoms with Crippen LogP contribution in [-0.4, -0.2) is 5.91 Å². The lowest BCUT2D eigenvalue weighted by Gasteiger charge is -2.23. The van der Waals surface area contributed by atoms with E-state index in [4.69, 9.17) is 10.2 Å². The molecule has 0 aromatic carbocycles. The van der Waals surface area contributed by atoms with Gasteiger partial charge in [-0.25, -0.2) is 0 Å². The number of fused-ring (bicyclic) bond motifs is 1. The minimum atomic E-state index is -0.524. The van der Waals surface area contributed by atoms with E-state index in [1.165, 1.54) is 23.3 Å². The van der Waals surface area contributed by atoms with Gasteiger partial charge < -0.3 is 15.5 Å². The molecule has 3 N–H and O–H groups in total. The first kappa shape index (κ1) is 12.4. The minimum Gasteiger partial charge on any atom is -0.455 e. The molecule has 19 heavy (non-hydrogen) atoms. The highest BCUT2D eigenvalue weighted by atomic mass is 32.1. The highest BCUT2D eigenvalue weighted by Gasteiger charge is 2.21. The van der Waals surface area contributed by atoms with Crippen LogP contribution in [0.4, 0.5) is 0 Å². The van der Waals surface area contributed by atoms with Gasteiger partial charge in [0.05, 0.1) is 6.54 Å². The number of nitrogens with one attached hydrogen (secondary N) is 1. The molecular weight excluding hydrogens is 260 g/mol. The lowest BCUT2D eigenvalue weighted by atomic mass is 9.94. The maximum Gasteiger partial charge on any atom is 0.284 e. The van der Waals surface area contributed by atoms with Crippen LogP contribution >= 0.6 is 11.3 Å². The fraction of sp³-hybridized carbons (Fsp3) is 0.357. The number of primary amides is 1. The molecule has 1 unspecified atom stereocenters. The van der Waals surface area contributed by atoms with Gasteiger partial charge in [-0.15, -0.1) is 11.3 Å². The summed E-state index contributed by atoms with van der Waals surface area (Å²) in [6, 6.07) is 6.01. The highest BCUT2D eigenvalue weighted by Crippen LogP contribution is 2.33. The zero-order chi connectivity index (χ0) is 13.2. The first-order valence-corrected chi connectivity index (χ1v) is 7.30. The quantitative estimate of drug-likeness (QED) is 0.902. The lowest BCUT2D eigenvalue weighted by Crippen LogP contribution is -2.23. The Morgan fingerprint density at radius 2 is 2.37 bits per heavy atom. The SMILES string of the molecule is NC(=O)c1ccc(CNC2CCCc3sccc32)o1. The molecule has 2 heterocycles. The van der Waals surface area contributed by atoms with Gasteiger partial charge in [-0.2, -0.15) is 0 Å². The fourth-order valence-corrected chi connectivity index (χ4v) is 3.52. The number of carbonyl (C=O) groups is 1. The number of hydrogen-bond donors (Lipinski definition) is 2. The van der Waals surface area contributed by atoms with Crippen LogP contribution in [0.3, 0.4) is 0 Å². The minimum absolute atomic E-state index is 0.219.